The average molecular weight is 442 g/mol. The lowest BCUT2D eigenvalue weighted by Gasteiger charge is -2.15. The number of nitrogens with two attached hydrogens (primary N) is 1. The highest BCUT2D eigenvalue weighted by atomic mass is 16.5. The zero-order chi connectivity index (χ0) is 22.9. The summed E-state index contributed by atoms with van der Waals surface area (Å²) >= 11 is 0. The van der Waals surface area contributed by atoms with Crippen LogP contribution in [0, 0.1) is 0 Å². The summed E-state index contributed by atoms with van der Waals surface area (Å²) in [7, 11) is 1.47. The number of amides is 3. The van der Waals surface area contributed by atoms with Crippen LogP contribution in [0.25, 0.3) is 21.7 Å². The Bertz CT molecular complexity index is 1400. The number of hydrogen-bond donors (Lipinski definition) is 3. The van der Waals surface area contributed by atoms with Gasteiger partial charge in [0.15, 0.2) is 0 Å². The average Bonchev–Trinajstić information content (AvgIpc) is 3.63. The summed E-state index contributed by atoms with van der Waals surface area (Å²) in [6.45, 7) is 0. The van der Waals surface area contributed by atoms with Crippen molar-refractivity contribution in [3.8, 4) is 17.2 Å². The second kappa shape index (κ2) is 8.31. The van der Waals surface area contributed by atoms with Crippen LogP contribution in [0.5, 0.6) is 17.2 Å². The lowest BCUT2D eigenvalue weighted by molar-refractivity contribution is 0.0997. The molecule has 1 fully saturated rings. The summed E-state index contributed by atoms with van der Waals surface area (Å²) in [6.07, 6.45) is 3.66. The van der Waals surface area contributed by atoms with Gasteiger partial charge in [-0.05, 0) is 37.1 Å². The molecule has 33 heavy (non-hydrogen) atoms. The third kappa shape index (κ3) is 4.10. The summed E-state index contributed by atoms with van der Waals surface area (Å²) < 4.78 is 11.6. The fourth-order valence-corrected chi connectivity index (χ4v) is 3.76. The van der Waals surface area contributed by atoms with E-state index >= 15 is 0 Å². The van der Waals surface area contributed by atoms with Crippen LogP contribution >= 0.6 is 0 Å². The van der Waals surface area contributed by atoms with Crippen molar-refractivity contribution in [1.29, 1.82) is 0 Å². The van der Waals surface area contributed by atoms with Crippen LogP contribution in [-0.4, -0.2) is 30.1 Å². The first kappa shape index (κ1) is 20.6. The molecule has 1 heterocycles. The number of nitrogens with one attached hydrogen (secondary N) is 2. The molecule has 0 saturated heterocycles. The van der Waals surface area contributed by atoms with Crippen molar-refractivity contribution in [2.75, 3.05) is 12.4 Å². The van der Waals surface area contributed by atoms with Gasteiger partial charge in [-0.3, -0.25) is 9.78 Å². The standard InChI is InChI=1S/C25H22N4O4/c1-32-23-13-20-17(12-18(23)24(26)30)22(10-11-27-20)33-21-9-8-19(15-4-2-3-5-16(15)21)29-25(31)28-14-6-7-14/h2-5,8-14H,6-7H2,1H3,(H2,26,30)(H2,28,29,31). The van der Waals surface area contributed by atoms with E-state index in [-0.39, 0.29) is 17.6 Å². The zero-order valence-electron chi connectivity index (χ0n) is 17.9. The smallest absolute Gasteiger partial charge is 0.319 e. The van der Waals surface area contributed by atoms with Crippen LogP contribution in [0.4, 0.5) is 10.5 Å². The van der Waals surface area contributed by atoms with E-state index in [9.17, 15) is 9.59 Å². The minimum Gasteiger partial charge on any atom is -0.496 e. The van der Waals surface area contributed by atoms with Gasteiger partial charge in [-0.15, -0.1) is 0 Å². The van der Waals surface area contributed by atoms with Crippen molar-refractivity contribution in [1.82, 2.24) is 10.3 Å². The number of aromatic nitrogens is 1. The molecule has 1 aliphatic rings. The van der Waals surface area contributed by atoms with Gasteiger partial charge >= 0.3 is 6.03 Å². The quantitative estimate of drug-likeness (QED) is 0.404. The molecule has 0 spiro atoms. The molecule has 0 unspecified atom stereocenters. The van der Waals surface area contributed by atoms with Crippen molar-refractivity contribution in [3.63, 3.8) is 0 Å². The normalized spacial score (nSPS) is 13.0. The minimum atomic E-state index is -0.603. The summed E-state index contributed by atoms with van der Waals surface area (Å²) in [5.74, 6) is 0.865. The number of benzene rings is 3. The molecule has 0 bridgehead atoms. The predicted octanol–water partition coefficient (Wildman–Crippen LogP) is 4.57. The Labute approximate surface area is 189 Å². The first-order valence-electron chi connectivity index (χ1n) is 10.6. The molecule has 3 aromatic carbocycles. The number of nitrogens with zero attached hydrogens (tertiary/aromatic N) is 1. The Hall–Kier alpha value is -4.33. The van der Waals surface area contributed by atoms with Crippen LogP contribution in [0.15, 0.2) is 60.8 Å². The van der Waals surface area contributed by atoms with Gasteiger partial charge in [0.1, 0.15) is 17.2 Å². The monoisotopic (exact) mass is 442 g/mol. The molecule has 4 aromatic rings. The molecule has 166 valence electrons. The summed E-state index contributed by atoms with van der Waals surface area (Å²) in [4.78, 5) is 28.5. The van der Waals surface area contributed by atoms with Crippen LogP contribution in [0.3, 0.4) is 0 Å². The summed E-state index contributed by atoms with van der Waals surface area (Å²) in [5, 5.41) is 8.16. The highest BCUT2D eigenvalue weighted by molar-refractivity contribution is 6.04. The van der Waals surface area contributed by atoms with Crippen molar-refractivity contribution < 1.29 is 19.1 Å². The van der Waals surface area contributed by atoms with E-state index in [1.165, 1.54) is 7.11 Å². The van der Waals surface area contributed by atoms with E-state index in [0.29, 0.717) is 33.8 Å². The number of pyridine rings is 1. The number of rotatable bonds is 6. The number of methoxy groups -OCH3 is 1. The topological polar surface area (TPSA) is 116 Å². The van der Waals surface area contributed by atoms with Gasteiger partial charge in [-0.25, -0.2) is 4.79 Å². The van der Waals surface area contributed by atoms with Gasteiger partial charge in [-0.2, -0.15) is 0 Å². The molecule has 1 aromatic heterocycles. The van der Waals surface area contributed by atoms with E-state index in [1.807, 2.05) is 30.3 Å². The molecule has 5 rings (SSSR count). The number of ether oxygens (including phenoxy) is 2. The Morgan fingerprint density at radius 1 is 0.970 bits per heavy atom. The van der Waals surface area contributed by atoms with Gasteiger partial charge in [0.25, 0.3) is 5.91 Å². The van der Waals surface area contributed by atoms with Gasteiger partial charge < -0.3 is 25.8 Å². The zero-order valence-corrected chi connectivity index (χ0v) is 17.9. The largest absolute Gasteiger partial charge is 0.496 e. The van der Waals surface area contributed by atoms with Crippen LogP contribution in [0.1, 0.15) is 23.2 Å². The molecule has 4 N–H and O–H groups in total. The number of carbonyl (C=O) groups excluding carboxylic acids is 2. The number of primary amides is 1. The maximum atomic E-state index is 12.3. The third-order valence-corrected chi connectivity index (χ3v) is 5.55. The second-order valence-electron chi connectivity index (χ2n) is 7.87. The van der Waals surface area contributed by atoms with Gasteiger partial charge in [-0.1, -0.05) is 24.3 Å². The van der Waals surface area contributed by atoms with Crippen molar-refractivity contribution in [2.45, 2.75) is 18.9 Å². The number of hydrogen-bond acceptors (Lipinski definition) is 5. The highest BCUT2D eigenvalue weighted by Crippen LogP contribution is 2.38. The molecule has 8 heteroatoms. The Morgan fingerprint density at radius 2 is 1.73 bits per heavy atom. The van der Waals surface area contributed by atoms with Gasteiger partial charge in [0, 0.05) is 34.5 Å². The first-order valence-corrected chi connectivity index (χ1v) is 10.6. The molecular formula is C25H22N4O4. The number of fused-ring (bicyclic) bond motifs is 2. The van der Waals surface area contributed by atoms with E-state index in [1.54, 1.807) is 30.5 Å². The SMILES string of the molecule is COc1cc2nccc(Oc3ccc(NC(=O)NC4CC4)c4ccccc34)c2cc1C(N)=O. The molecular weight excluding hydrogens is 420 g/mol. The number of anilines is 1. The number of carbonyl (C=O) groups is 2. The Balaban J connectivity index is 1.54. The van der Waals surface area contributed by atoms with E-state index in [0.717, 1.165) is 23.6 Å². The molecule has 0 aliphatic heterocycles. The molecule has 1 saturated carbocycles. The first-order chi connectivity index (χ1) is 16.0. The van der Waals surface area contributed by atoms with Gasteiger partial charge in [0.2, 0.25) is 0 Å². The Morgan fingerprint density at radius 3 is 2.45 bits per heavy atom. The predicted molar refractivity (Wildman–Crippen MR) is 126 cm³/mol. The maximum Gasteiger partial charge on any atom is 0.319 e. The summed E-state index contributed by atoms with van der Waals surface area (Å²) in [5.41, 5.74) is 7.07. The fraction of sp³-hybridized carbons (Fsp3) is 0.160. The Kier molecular flexibility index (Phi) is 5.18. The minimum absolute atomic E-state index is 0.218. The van der Waals surface area contributed by atoms with E-state index in [2.05, 4.69) is 15.6 Å². The maximum absolute atomic E-state index is 12.3. The highest BCUT2D eigenvalue weighted by Gasteiger charge is 2.23. The van der Waals surface area contributed by atoms with Crippen LogP contribution < -0.4 is 25.8 Å². The van der Waals surface area contributed by atoms with E-state index < -0.39 is 5.91 Å². The number of urea groups is 1. The van der Waals surface area contributed by atoms with Crippen molar-refractivity contribution >= 4 is 39.3 Å². The van der Waals surface area contributed by atoms with Crippen LogP contribution in [-0.2, 0) is 0 Å². The fourth-order valence-electron chi connectivity index (χ4n) is 3.76. The van der Waals surface area contributed by atoms with E-state index in [4.69, 9.17) is 15.2 Å². The van der Waals surface area contributed by atoms with Gasteiger partial charge in [0.05, 0.1) is 23.9 Å². The molecule has 0 radical (unpaired) electrons. The lowest BCUT2D eigenvalue weighted by Crippen LogP contribution is -2.30. The second-order valence-corrected chi connectivity index (χ2v) is 7.87. The third-order valence-electron chi connectivity index (χ3n) is 5.55. The van der Waals surface area contributed by atoms with Crippen molar-refractivity contribution in [3.05, 3.63) is 66.4 Å². The molecule has 1 aliphatic carbocycles. The molecule has 0 atom stereocenters. The summed E-state index contributed by atoms with van der Waals surface area (Å²) in [6, 6.07) is 16.3. The van der Waals surface area contributed by atoms with Crippen molar-refractivity contribution in [2.24, 2.45) is 5.73 Å². The molecule has 3 amide bonds. The lowest BCUT2D eigenvalue weighted by atomic mass is 10.1. The molecule has 8 nitrogen and oxygen atoms in total. The van der Waals surface area contributed by atoms with Crippen LogP contribution in [0.2, 0.25) is 0 Å².